The molecule has 1 aliphatic carbocycles. The van der Waals surface area contributed by atoms with Gasteiger partial charge in [0.2, 0.25) is 0 Å². The Bertz CT molecular complexity index is 395. The summed E-state index contributed by atoms with van der Waals surface area (Å²) in [5, 5.41) is 15.9. The average molecular weight is 273 g/mol. The molecule has 3 heteroatoms. The number of nitrogens with one attached hydrogen (secondary N) is 2. The molecule has 3 nitrogen and oxygen atoms in total. The summed E-state index contributed by atoms with van der Waals surface area (Å²) < 4.78 is 0. The molecule has 0 radical (unpaired) electrons. The Hall–Kier alpha value is -1.37. The Labute approximate surface area is 123 Å². The van der Waals surface area contributed by atoms with Crippen LogP contribution in [0.5, 0.6) is 0 Å². The van der Waals surface area contributed by atoms with Crippen LogP contribution < -0.4 is 10.6 Å². The largest absolute Gasteiger partial charge is 0.314 e. The third kappa shape index (κ3) is 6.70. The molecule has 2 N–H and O–H groups in total. The van der Waals surface area contributed by atoms with E-state index in [0.717, 1.165) is 38.0 Å². The van der Waals surface area contributed by atoms with E-state index in [1.165, 1.54) is 18.4 Å². The third-order valence-electron chi connectivity index (χ3n) is 3.60. The first-order valence-corrected chi connectivity index (χ1v) is 7.71. The number of hydrogen-bond acceptors (Lipinski definition) is 3. The Morgan fingerprint density at radius 3 is 2.70 bits per heavy atom. The van der Waals surface area contributed by atoms with Crippen LogP contribution in [-0.4, -0.2) is 25.7 Å². The highest BCUT2D eigenvalue weighted by Crippen LogP contribution is 2.09. The zero-order valence-electron chi connectivity index (χ0n) is 12.8. The molecule has 0 bridgehead atoms. The summed E-state index contributed by atoms with van der Waals surface area (Å²) in [6, 6.07) is 2.85. The predicted molar refractivity (Wildman–Crippen MR) is 85.4 cm³/mol. The number of nitriles is 1. The summed E-state index contributed by atoms with van der Waals surface area (Å²) in [5.41, 5.74) is 2.02. The lowest BCUT2D eigenvalue weighted by molar-refractivity contribution is 0.474. The van der Waals surface area contributed by atoms with Crippen LogP contribution >= 0.6 is 0 Å². The maximum absolute atomic E-state index is 8.85. The number of hydrogen-bond donors (Lipinski definition) is 2. The van der Waals surface area contributed by atoms with Crippen LogP contribution in [-0.2, 0) is 0 Å². The maximum atomic E-state index is 8.85. The smallest absolute Gasteiger partial charge is 0.0988 e. The van der Waals surface area contributed by atoms with E-state index in [2.05, 4.69) is 36.6 Å². The SMILES string of the molecule is CCC(CC)NCCCNCC1=CCC=C(C#N)C=C1. The minimum absolute atomic E-state index is 0.665. The summed E-state index contributed by atoms with van der Waals surface area (Å²) in [5.74, 6) is 0. The van der Waals surface area contributed by atoms with E-state index in [-0.39, 0.29) is 0 Å². The van der Waals surface area contributed by atoms with Gasteiger partial charge in [-0.05, 0) is 50.4 Å². The molecular weight excluding hydrogens is 246 g/mol. The van der Waals surface area contributed by atoms with Crippen molar-refractivity contribution < 1.29 is 0 Å². The molecule has 0 saturated heterocycles. The second-order valence-electron chi connectivity index (χ2n) is 5.12. The second-order valence-corrected chi connectivity index (χ2v) is 5.12. The first-order valence-electron chi connectivity index (χ1n) is 7.71. The molecule has 1 aliphatic rings. The fourth-order valence-corrected chi connectivity index (χ4v) is 2.21. The van der Waals surface area contributed by atoms with Crippen LogP contribution in [0.15, 0.2) is 35.5 Å². The Morgan fingerprint density at radius 2 is 2.00 bits per heavy atom. The highest BCUT2D eigenvalue weighted by molar-refractivity contribution is 5.40. The van der Waals surface area contributed by atoms with Gasteiger partial charge in [0, 0.05) is 18.2 Å². The van der Waals surface area contributed by atoms with Crippen molar-refractivity contribution in [1.82, 2.24) is 10.6 Å². The fourth-order valence-electron chi connectivity index (χ4n) is 2.21. The molecule has 0 aromatic carbocycles. The van der Waals surface area contributed by atoms with Crippen molar-refractivity contribution >= 4 is 0 Å². The molecule has 0 aliphatic heterocycles. The molecule has 0 heterocycles. The van der Waals surface area contributed by atoms with E-state index in [1.54, 1.807) is 0 Å². The van der Waals surface area contributed by atoms with Gasteiger partial charge in [-0.15, -0.1) is 0 Å². The molecule has 0 atom stereocenters. The van der Waals surface area contributed by atoms with Crippen molar-refractivity contribution in [2.75, 3.05) is 19.6 Å². The molecule has 0 saturated carbocycles. The first kappa shape index (κ1) is 16.7. The second kappa shape index (κ2) is 10.4. The van der Waals surface area contributed by atoms with Gasteiger partial charge in [-0.2, -0.15) is 5.26 Å². The van der Waals surface area contributed by atoms with Gasteiger partial charge in [0.1, 0.15) is 0 Å². The summed E-state index contributed by atoms with van der Waals surface area (Å²) >= 11 is 0. The standard InChI is InChI=1S/C17H27N3/c1-3-17(4-2)20-12-6-11-19-14-16-8-5-7-15(13-18)9-10-16/h7-10,17,19-20H,3-6,11-12,14H2,1-2H3. The van der Waals surface area contributed by atoms with Gasteiger partial charge < -0.3 is 10.6 Å². The summed E-state index contributed by atoms with van der Waals surface area (Å²) in [7, 11) is 0. The van der Waals surface area contributed by atoms with Crippen molar-refractivity contribution in [3.8, 4) is 6.07 Å². The molecule has 0 aromatic rings. The predicted octanol–water partition coefficient (Wildman–Crippen LogP) is 3.08. The van der Waals surface area contributed by atoms with E-state index in [9.17, 15) is 0 Å². The molecule has 0 spiro atoms. The lowest BCUT2D eigenvalue weighted by atomic mass is 10.2. The summed E-state index contributed by atoms with van der Waals surface area (Å²) in [6.07, 6.45) is 12.5. The van der Waals surface area contributed by atoms with Crippen molar-refractivity contribution in [2.24, 2.45) is 0 Å². The fraction of sp³-hybridized carbons (Fsp3) is 0.588. The zero-order chi connectivity index (χ0) is 14.6. The number of allylic oxidation sites excluding steroid dienone is 4. The van der Waals surface area contributed by atoms with Gasteiger partial charge in [0.25, 0.3) is 0 Å². The molecule has 110 valence electrons. The van der Waals surface area contributed by atoms with Gasteiger partial charge in [0.15, 0.2) is 0 Å². The van der Waals surface area contributed by atoms with Crippen LogP contribution in [0.3, 0.4) is 0 Å². The maximum Gasteiger partial charge on any atom is 0.0988 e. The van der Waals surface area contributed by atoms with Crippen molar-refractivity contribution in [2.45, 2.75) is 45.6 Å². The van der Waals surface area contributed by atoms with E-state index in [0.29, 0.717) is 6.04 Å². The van der Waals surface area contributed by atoms with Crippen LogP contribution in [0.1, 0.15) is 39.5 Å². The van der Waals surface area contributed by atoms with Gasteiger partial charge >= 0.3 is 0 Å². The normalized spacial score (nSPS) is 14.7. The molecule has 20 heavy (non-hydrogen) atoms. The quantitative estimate of drug-likeness (QED) is 0.635. The topological polar surface area (TPSA) is 47.8 Å². The van der Waals surface area contributed by atoms with Gasteiger partial charge in [-0.3, -0.25) is 0 Å². The number of rotatable bonds is 9. The average Bonchev–Trinajstić information content (AvgIpc) is 2.72. The Morgan fingerprint density at radius 1 is 1.20 bits per heavy atom. The highest BCUT2D eigenvalue weighted by Gasteiger charge is 2.01. The van der Waals surface area contributed by atoms with Crippen LogP contribution in [0, 0.1) is 11.3 Å². The van der Waals surface area contributed by atoms with E-state index < -0.39 is 0 Å². The van der Waals surface area contributed by atoms with Crippen molar-refractivity contribution in [3.63, 3.8) is 0 Å². The van der Waals surface area contributed by atoms with Gasteiger partial charge in [-0.1, -0.05) is 32.1 Å². The minimum atomic E-state index is 0.665. The Balaban J connectivity index is 2.11. The lowest BCUT2D eigenvalue weighted by Crippen LogP contribution is -2.30. The number of nitrogens with zero attached hydrogens (tertiary/aromatic N) is 1. The molecule has 0 unspecified atom stereocenters. The van der Waals surface area contributed by atoms with Gasteiger partial charge in [0.05, 0.1) is 6.07 Å². The summed E-state index contributed by atoms with van der Waals surface area (Å²) in [6.45, 7) is 7.45. The van der Waals surface area contributed by atoms with Crippen LogP contribution in [0.25, 0.3) is 0 Å². The van der Waals surface area contributed by atoms with Crippen molar-refractivity contribution in [1.29, 1.82) is 5.26 Å². The molecule has 0 amide bonds. The first-order chi connectivity index (χ1) is 9.80. The molecular formula is C17H27N3. The van der Waals surface area contributed by atoms with Crippen LogP contribution in [0.4, 0.5) is 0 Å². The minimum Gasteiger partial charge on any atom is -0.314 e. The van der Waals surface area contributed by atoms with E-state index in [1.807, 2.05) is 18.2 Å². The lowest BCUT2D eigenvalue weighted by Gasteiger charge is -2.14. The van der Waals surface area contributed by atoms with E-state index >= 15 is 0 Å². The summed E-state index contributed by atoms with van der Waals surface area (Å²) in [4.78, 5) is 0. The Kier molecular flexibility index (Phi) is 8.69. The van der Waals surface area contributed by atoms with Gasteiger partial charge in [-0.25, -0.2) is 0 Å². The van der Waals surface area contributed by atoms with Crippen LogP contribution in [0.2, 0.25) is 0 Å². The third-order valence-corrected chi connectivity index (χ3v) is 3.60. The molecule has 0 fully saturated rings. The molecule has 1 rings (SSSR count). The highest BCUT2D eigenvalue weighted by atomic mass is 14.9. The molecule has 0 aromatic heterocycles. The van der Waals surface area contributed by atoms with Crippen molar-refractivity contribution in [3.05, 3.63) is 35.5 Å². The monoisotopic (exact) mass is 273 g/mol. The van der Waals surface area contributed by atoms with E-state index in [4.69, 9.17) is 5.26 Å². The zero-order valence-corrected chi connectivity index (χ0v) is 12.8.